The fourth-order valence-electron chi connectivity index (χ4n) is 2.60. The van der Waals surface area contributed by atoms with Crippen LogP contribution in [0.4, 0.5) is 10.3 Å². The van der Waals surface area contributed by atoms with Gasteiger partial charge in [-0.05, 0) is 50.7 Å². The molecule has 2 heterocycles. The molecule has 0 spiro atoms. The molecule has 12 nitrogen and oxygen atoms in total. The molecule has 3 amide bonds. The minimum Gasteiger partial charge on any atom is -0.379 e. The summed E-state index contributed by atoms with van der Waals surface area (Å²) >= 11 is 4.50. The molecule has 2 aromatic rings. The van der Waals surface area contributed by atoms with Crippen molar-refractivity contribution >= 4 is 62.9 Å². The number of nitrogens with one attached hydrogen (secondary N) is 3. The van der Waals surface area contributed by atoms with Crippen LogP contribution < -0.4 is 21.7 Å². The van der Waals surface area contributed by atoms with Gasteiger partial charge < -0.3 is 21.1 Å². The van der Waals surface area contributed by atoms with E-state index in [9.17, 15) is 14.4 Å². The van der Waals surface area contributed by atoms with Crippen LogP contribution in [0.25, 0.3) is 0 Å². The summed E-state index contributed by atoms with van der Waals surface area (Å²) in [4.78, 5) is 34.7. The Balaban J connectivity index is -0.00000116. The summed E-state index contributed by atoms with van der Waals surface area (Å²) < 4.78 is 4.94. The number of ether oxygens (including phenoxy) is 1. The normalized spacial score (nSPS) is 10.8. The second-order valence-corrected chi connectivity index (χ2v) is 13.8. The highest BCUT2D eigenvalue weighted by atomic mass is 32.2. The van der Waals surface area contributed by atoms with Gasteiger partial charge in [0, 0.05) is 26.4 Å². The van der Waals surface area contributed by atoms with Crippen molar-refractivity contribution in [2.75, 3.05) is 35.8 Å². The Morgan fingerprint density at radius 1 is 0.911 bits per heavy atom. The molecular formula is C30H60N8O4S3. The molecule has 2 rings (SSSR count). The number of carbonyl (C=O) groups excluding carboxylic acids is 3. The molecule has 0 bridgehead atoms. The molecule has 0 aromatic carbocycles. The van der Waals surface area contributed by atoms with E-state index in [0.717, 1.165) is 40.9 Å². The Bertz CT molecular complexity index is 1010. The summed E-state index contributed by atoms with van der Waals surface area (Å²) in [5.41, 5.74) is 4.89. The second kappa shape index (κ2) is 29.2. The molecular weight excluding hydrogens is 633 g/mol. The Hall–Kier alpha value is -2.20. The summed E-state index contributed by atoms with van der Waals surface area (Å²) in [5.74, 6) is 1.66. The van der Waals surface area contributed by atoms with Crippen LogP contribution in [-0.4, -0.2) is 75.4 Å². The number of amides is 3. The van der Waals surface area contributed by atoms with E-state index in [1.807, 2.05) is 83.1 Å². The first-order chi connectivity index (χ1) is 21.3. The predicted octanol–water partition coefficient (Wildman–Crippen LogP) is 6.05. The van der Waals surface area contributed by atoms with Gasteiger partial charge in [0.05, 0.1) is 5.60 Å². The lowest BCUT2D eigenvalue weighted by Crippen LogP contribution is -2.43. The number of anilines is 2. The van der Waals surface area contributed by atoms with Crippen LogP contribution >= 0.6 is 34.4 Å². The number of hydrogen-bond donors (Lipinski definition) is 4. The topological polar surface area (TPSA) is 174 Å². The van der Waals surface area contributed by atoms with Gasteiger partial charge in [-0.1, -0.05) is 85.0 Å². The van der Waals surface area contributed by atoms with E-state index in [2.05, 4.69) is 36.3 Å². The third-order valence-corrected chi connectivity index (χ3v) is 7.52. The van der Waals surface area contributed by atoms with Crippen molar-refractivity contribution in [2.24, 2.45) is 17.6 Å². The SMILES string of the molecule is CC.CC.CC(C)CC(=O)Nc1nnc(CCSCCc2nnc(NC(=O)C(NC=O)C(C)C)s2)s1.CCN.COC(C)(C)C. The molecule has 0 fully saturated rings. The zero-order valence-electron chi connectivity index (χ0n) is 29.8. The number of rotatable bonds is 14. The fourth-order valence-corrected chi connectivity index (χ4v) is 5.24. The lowest BCUT2D eigenvalue weighted by Gasteiger charge is -2.18. The van der Waals surface area contributed by atoms with Gasteiger partial charge in [-0.2, -0.15) is 11.8 Å². The molecule has 45 heavy (non-hydrogen) atoms. The zero-order valence-corrected chi connectivity index (χ0v) is 32.2. The van der Waals surface area contributed by atoms with Crippen LogP contribution in [0.15, 0.2) is 0 Å². The lowest BCUT2D eigenvalue weighted by atomic mass is 10.0. The van der Waals surface area contributed by atoms with Gasteiger partial charge in [0.15, 0.2) is 0 Å². The van der Waals surface area contributed by atoms with E-state index in [1.165, 1.54) is 22.7 Å². The first-order valence-electron chi connectivity index (χ1n) is 15.5. The average molecular weight is 693 g/mol. The summed E-state index contributed by atoms with van der Waals surface area (Å²) in [6.45, 7) is 24.4. The van der Waals surface area contributed by atoms with Crippen LogP contribution in [0.3, 0.4) is 0 Å². The number of aromatic nitrogens is 4. The van der Waals surface area contributed by atoms with Crippen LogP contribution in [0, 0.1) is 11.8 Å². The van der Waals surface area contributed by atoms with Crippen molar-refractivity contribution in [2.45, 2.75) is 114 Å². The van der Waals surface area contributed by atoms with Gasteiger partial charge in [-0.15, -0.1) is 20.4 Å². The summed E-state index contributed by atoms with van der Waals surface area (Å²) in [6.07, 6.45) is 2.51. The zero-order chi connectivity index (χ0) is 35.4. The quantitative estimate of drug-likeness (QED) is 0.135. The third kappa shape index (κ3) is 26.7. The molecule has 15 heteroatoms. The Morgan fingerprint density at radius 3 is 1.69 bits per heavy atom. The van der Waals surface area contributed by atoms with Gasteiger partial charge in [0.25, 0.3) is 0 Å². The first-order valence-corrected chi connectivity index (χ1v) is 18.3. The number of nitrogens with two attached hydrogens (primary N) is 1. The maximum absolute atomic E-state index is 12.3. The molecule has 0 aliphatic rings. The maximum Gasteiger partial charge on any atom is 0.249 e. The largest absolute Gasteiger partial charge is 0.379 e. The smallest absolute Gasteiger partial charge is 0.249 e. The van der Waals surface area contributed by atoms with Gasteiger partial charge in [0.1, 0.15) is 16.1 Å². The lowest BCUT2D eigenvalue weighted by molar-refractivity contribution is -0.122. The standard InChI is InChI=1S/C19H29N7O3S3.C5H12O.C2H7N.2C2H6/c1-11(2)9-13(28)21-18-25-23-14(31-18)5-7-30-8-6-15-24-26-19(32-15)22-17(29)16(12(3)4)20-10-27;1-5(2,3)6-4;1-2-3;2*1-2/h10-12,16H,5-9H2,1-4H3,(H,20,27)(H,21,25,28)(H,22,26,29);1-4H3;2-3H2,1H3;2*1-2H3. The summed E-state index contributed by atoms with van der Waals surface area (Å²) in [6, 6.07) is -0.611. The molecule has 1 atom stereocenters. The minimum atomic E-state index is -0.611. The highest BCUT2D eigenvalue weighted by Crippen LogP contribution is 2.20. The molecule has 0 aliphatic carbocycles. The highest BCUT2D eigenvalue weighted by molar-refractivity contribution is 7.99. The van der Waals surface area contributed by atoms with Crippen LogP contribution in [-0.2, 0) is 32.0 Å². The summed E-state index contributed by atoms with van der Waals surface area (Å²) in [5, 5.41) is 27.0. The van der Waals surface area contributed by atoms with Crippen molar-refractivity contribution < 1.29 is 19.1 Å². The number of hydrogen-bond acceptors (Lipinski definition) is 12. The number of nitrogens with zero attached hydrogens (tertiary/aromatic N) is 4. The molecule has 1 unspecified atom stereocenters. The van der Waals surface area contributed by atoms with Crippen molar-refractivity contribution in [3.63, 3.8) is 0 Å². The van der Waals surface area contributed by atoms with Gasteiger partial charge >= 0.3 is 0 Å². The van der Waals surface area contributed by atoms with E-state index in [4.69, 9.17) is 10.5 Å². The minimum absolute atomic E-state index is 0.0376. The Kier molecular flexibility index (Phi) is 30.7. The Morgan fingerprint density at radius 2 is 1.33 bits per heavy atom. The first kappa shape index (κ1) is 47.2. The Labute approximate surface area is 284 Å². The number of aryl methyl sites for hydroxylation is 2. The maximum atomic E-state index is 12.3. The van der Waals surface area contributed by atoms with Crippen molar-refractivity contribution in [1.29, 1.82) is 0 Å². The van der Waals surface area contributed by atoms with Crippen LogP contribution in [0.2, 0.25) is 0 Å². The molecule has 0 saturated heterocycles. The third-order valence-electron chi connectivity index (χ3n) is 4.73. The molecule has 5 N–H and O–H groups in total. The van der Waals surface area contributed by atoms with Crippen molar-refractivity contribution in [3.05, 3.63) is 10.0 Å². The molecule has 0 saturated carbocycles. The molecule has 2 aromatic heterocycles. The van der Waals surface area contributed by atoms with Crippen LogP contribution in [0.1, 0.15) is 99.5 Å². The predicted molar refractivity (Wildman–Crippen MR) is 193 cm³/mol. The highest BCUT2D eigenvalue weighted by Gasteiger charge is 2.22. The van der Waals surface area contributed by atoms with Gasteiger partial charge in [0.2, 0.25) is 28.5 Å². The van der Waals surface area contributed by atoms with E-state index < -0.39 is 6.04 Å². The number of methoxy groups -OCH3 is 1. The molecule has 0 aliphatic heterocycles. The molecule has 0 radical (unpaired) electrons. The van der Waals surface area contributed by atoms with E-state index in [1.54, 1.807) is 18.9 Å². The van der Waals surface area contributed by atoms with Crippen LogP contribution in [0.5, 0.6) is 0 Å². The average Bonchev–Trinajstić information content (AvgIpc) is 3.62. The van der Waals surface area contributed by atoms with Crippen molar-refractivity contribution in [3.8, 4) is 0 Å². The van der Waals surface area contributed by atoms with E-state index in [-0.39, 0.29) is 23.3 Å². The van der Waals surface area contributed by atoms with Gasteiger partial charge in [-0.3, -0.25) is 19.7 Å². The summed E-state index contributed by atoms with van der Waals surface area (Å²) in [7, 11) is 1.71. The second-order valence-electron chi connectivity index (χ2n) is 10.5. The fraction of sp³-hybridized carbons (Fsp3) is 0.767. The van der Waals surface area contributed by atoms with E-state index >= 15 is 0 Å². The molecule has 262 valence electrons. The van der Waals surface area contributed by atoms with Crippen molar-refractivity contribution in [1.82, 2.24) is 25.7 Å². The number of thioether (sulfide) groups is 1. The monoisotopic (exact) mass is 692 g/mol. The van der Waals surface area contributed by atoms with E-state index in [0.29, 0.717) is 29.0 Å². The number of carbonyl (C=O) groups is 3. The van der Waals surface area contributed by atoms with Gasteiger partial charge in [-0.25, -0.2) is 0 Å².